The molecule has 0 spiro atoms. The van der Waals surface area contributed by atoms with Gasteiger partial charge in [-0.1, -0.05) is 69.7 Å². The molecule has 2 heterocycles. The van der Waals surface area contributed by atoms with E-state index in [0.717, 1.165) is 13.0 Å². The second-order valence-corrected chi connectivity index (χ2v) is 9.56. The Bertz CT molecular complexity index is 725. The fourth-order valence-corrected chi connectivity index (χ4v) is 5.50. The molecule has 0 bridgehead atoms. The minimum atomic E-state index is -0.0899. The molecule has 1 aromatic carbocycles. The standard InChI is InChI=1S/C25H40N6O/c1-2-22-30-24(31-32-22)20-13-11-18(12-14-20)16-27-25-23(21(15-26)28-17-29-25)19-9-7-5-3-4-6-8-10-19/h11-14,19,21-25,27-31H,2-10,16-17H2,1H3. The quantitative estimate of drug-likeness (QED) is 0.463. The van der Waals surface area contributed by atoms with Crippen LogP contribution in [0.4, 0.5) is 0 Å². The maximum atomic E-state index is 9.86. The average Bonchev–Trinajstić information content (AvgIpc) is 3.36. The maximum absolute atomic E-state index is 9.86. The van der Waals surface area contributed by atoms with Gasteiger partial charge in [0.15, 0.2) is 0 Å². The normalized spacial score (nSPS) is 32.6. The first kappa shape index (κ1) is 23.6. The molecular weight excluding hydrogens is 400 g/mol. The van der Waals surface area contributed by atoms with Crippen LogP contribution in [0.1, 0.15) is 82.0 Å². The fourth-order valence-electron chi connectivity index (χ4n) is 5.50. The van der Waals surface area contributed by atoms with E-state index in [0.29, 0.717) is 18.5 Å². The lowest BCUT2D eigenvalue weighted by Gasteiger charge is -2.42. The molecule has 5 unspecified atom stereocenters. The van der Waals surface area contributed by atoms with Gasteiger partial charge < -0.3 is 0 Å². The first-order valence-electron chi connectivity index (χ1n) is 12.6. The van der Waals surface area contributed by atoms with Crippen LogP contribution in [0.2, 0.25) is 0 Å². The van der Waals surface area contributed by atoms with Gasteiger partial charge >= 0.3 is 0 Å². The Balaban J connectivity index is 1.37. The number of nitriles is 1. The van der Waals surface area contributed by atoms with Gasteiger partial charge in [-0.2, -0.15) is 10.7 Å². The summed E-state index contributed by atoms with van der Waals surface area (Å²) in [4.78, 5) is 5.53. The lowest BCUT2D eigenvalue weighted by molar-refractivity contribution is 0.0207. The fraction of sp³-hybridized carbons (Fsp3) is 0.720. The highest BCUT2D eigenvalue weighted by atomic mass is 16.7. The number of hydroxylamine groups is 1. The highest BCUT2D eigenvalue weighted by Crippen LogP contribution is 2.32. The minimum absolute atomic E-state index is 0.0391. The van der Waals surface area contributed by atoms with Gasteiger partial charge in [0, 0.05) is 19.1 Å². The molecule has 2 saturated heterocycles. The Labute approximate surface area is 193 Å². The van der Waals surface area contributed by atoms with Gasteiger partial charge in [-0.05, 0) is 36.3 Å². The third-order valence-corrected chi connectivity index (χ3v) is 7.39. The van der Waals surface area contributed by atoms with Crippen molar-refractivity contribution in [1.82, 2.24) is 26.7 Å². The molecular formula is C25H40N6O. The number of rotatable bonds is 6. The summed E-state index contributed by atoms with van der Waals surface area (Å²) >= 11 is 0. The topological polar surface area (TPSA) is 93.2 Å². The Morgan fingerprint density at radius 3 is 2.41 bits per heavy atom. The Hall–Kier alpha value is -1.53. The molecule has 0 amide bonds. The van der Waals surface area contributed by atoms with E-state index < -0.39 is 0 Å². The van der Waals surface area contributed by atoms with Crippen molar-refractivity contribution >= 4 is 0 Å². The Morgan fingerprint density at radius 2 is 1.75 bits per heavy atom. The van der Waals surface area contributed by atoms with Gasteiger partial charge in [-0.25, -0.2) is 0 Å². The summed E-state index contributed by atoms with van der Waals surface area (Å²) in [6.07, 6.45) is 11.6. The van der Waals surface area contributed by atoms with E-state index in [4.69, 9.17) is 4.84 Å². The summed E-state index contributed by atoms with van der Waals surface area (Å²) in [5, 5.41) is 24.1. The summed E-state index contributed by atoms with van der Waals surface area (Å²) in [6.45, 7) is 3.57. The van der Waals surface area contributed by atoms with E-state index in [9.17, 15) is 5.26 Å². The molecule has 7 nitrogen and oxygen atoms in total. The summed E-state index contributed by atoms with van der Waals surface area (Å²) in [7, 11) is 0. The van der Waals surface area contributed by atoms with Gasteiger partial charge in [0.25, 0.3) is 0 Å². The van der Waals surface area contributed by atoms with E-state index in [1.165, 1.54) is 62.5 Å². The molecule has 1 saturated carbocycles. The van der Waals surface area contributed by atoms with E-state index in [1.807, 2.05) is 0 Å². The maximum Gasteiger partial charge on any atom is 0.130 e. The second-order valence-electron chi connectivity index (χ2n) is 9.56. The molecule has 32 heavy (non-hydrogen) atoms. The highest BCUT2D eigenvalue weighted by molar-refractivity contribution is 5.25. The van der Waals surface area contributed by atoms with Gasteiger partial charge in [-0.3, -0.25) is 26.1 Å². The molecule has 176 valence electrons. The highest BCUT2D eigenvalue weighted by Gasteiger charge is 2.38. The Kier molecular flexibility index (Phi) is 8.92. The zero-order chi connectivity index (χ0) is 22.2. The first-order valence-corrected chi connectivity index (χ1v) is 12.6. The van der Waals surface area contributed by atoms with Crippen molar-refractivity contribution in [3.05, 3.63) is 35.4 Å². The molecule has 3 aliphatic rings. The van der Waals surface area contributed by atoms with Crippen LogP contribution in [0.15, 0.2) is 24.3 Å². The van der Waals surface area contributed by atoms with E-state index in [2.05, 4.69) is 64.0 Å². The third-order valence-electron chi connectivity index (χ3n) is 7.39. The van der Waals surface area contributed by atoms with Gasteiger partial charge in [0.1, 0.15) is 18.4 Å². The van der Waals surface area contributed by atoms with Crippen LogP contribution in [-0.2, 0) is 11.4 Å². The molecule has 1 aliphatic carbocycles. The van der Waals surface area contributed by atoms with Crippen molar-refractivity contribution in [2.24, 2.45) is 11.8 Å². The zero-order valence-electron chi connectivity index (χ0n) is 19.4. The molecule has 2 aliphatic heterocycles. The predicted molar refractivity (Wildman–Crippen MR) is 126 cm³/mol. The molecule has 7 heteroatoms. The van der Waals surface area contributed by atoms with Crippen molar-refractivity contribution in [3.8, 4) is 6.07 Å². The molecule has 5 atom stereocenters. The van der Waals surface area contributed by atoms with E-state index in [-0.39, 0.29) is 24.6 Å². The molecule has 3 fully saturated rings. The summed E-state index contributed by atoms with van der Waals surface area (Å²) in [5.41, 5.74) is 5.50. The monoisotopic (exact) mass is 440 g/mol. The van der Waals surface area contributed by atoms with Crippen molar-refractivity contribution < 1.29 is 4.84 Å². The third kappa shape index (κ3) is 6.07. The first-order chi connectivity index (χ1) is 15.8. The number of benzene rings is 1. The zero-order valence-corrected chi connectivity index (χ0v) is 19.4. The van der Waals surface area contributed by atoms with Crippen LogP contribution < -0.4 is 26.7 Å². The molecule has 0 radical (unpaired) electrons. The van der Waals surface area contributed by atoms with Crippen LogP contribution in [0, 0.1) is 23.2 Å². The number of hydrogen-bond acceptors (Lipinski definition) is 7. The van der Waals surface area contributed by atoms with Crippen LogP contribution in [0.3, 0.4) is 0 Å². The lowest BCUT2D eigenvalue weighted by Crippen LogP contribution is -2.63. The van der Waals surface area contributed by atoms with E-state index >= 15 is 0 Å². The molecule has 5 N–H and O–H groups in total. The summed E-state index contributed by atoms with van der Waals surface area (Å²) < 4.78 is 0. The van der Waals surface area contributed by atoms with Crippen molar-refractivity contribution in [2.75, 3.05) is 6.67 Å². The molecule has 1 aromatic rings. The predicted octanol–water partition coefficient (Wildman–Crippen LogP) is 3.37. The van der Waals surface area contributed by atoms with Crippen LogP contribution in [0.25, 0.3) is 0 Å². The molecule has 0 aromatic heterocycles. The summed E-state index contributed by atoms with van der Waals surface area (Å²) in [6, 6.07) is 11.2. The summed E-state index contributed by atoms with van der Waals surface area (Å²) in [5.74, 6) is 0.880. The van der Waals surface area contributed by atoms with Gasteiger partial charge in [-0.15, -0.1) is 0 Å². The van der Waals surface area contributed by atoms with Gasteiger partial charge in [0.05, 0.1) is 12.2 Å². The van der Waals surface area contributed by atoms with Crippen LogP contribution >= 0.6 is 0 Å². The smallest absolute Gasteiger partial charge is 0.130 e. The SMILES string of the molecule is CCC1NC(c2ccc(CNC3NCNC(C#N)C3C3CCCCCCCC3)cc2)NO1. The number of hydrogen-bond donors (Lipinski definition) is 5. The lowest BCUT2D eigenvalue weighted by atomic mass is 9.77. The second kappa shape index (κ2) is 12.1. The van der Waals surface area contributed by atoms with Crippen molar-refractivity contribution in [2.45, 2.75) is 95.9 Å². The minimum Gasteiger partial charge on any atom is -0.297 e. The largest absolute Gasteiger partial charge is 0.297 e. The molecule has 4 rings (SSSR count). The van der Waals surface area contributed by atoms with Crippen LogP contribution in [0.5, 0.6) is 0 Å². The number of nitrogens with zero attached hydrogens (tertiary/aromatic N) is 1. The van der Waals surface area contributed by atoms with Gasteiger partial charge in [0.2, 0.25) is 0 Å². The van der Waals surface area contributed by atoms with E-state index in [1.54, 1.807) is 0 Å². The Morgan fingerprint density at radius 1 is 1.03 bits per heavy atom. The average molecular weight is 441 g/mol. The van der Waals surface area contributed by atoms with Crippen molar-refractivity contribution in [1.29, 1.82) is 5.26 Å². The van der Waals surface area contributed by atoms with Crippen molar-refractivity contribution in [3.63, 3.8) is 0 Å². The number of nitrogens with one attached hydrogen (secondary N) is 5. The van der Waals surface area contributed by atoms with Crippen LogP contribution in [-0.4, -0.2) is 25.1 Å².